The molecule has 3 nitrogen and oxygen atoms in total. The fraction of sp³-hybridized carbons (Fsp3) is 0. The maximum absolute atomic E-state index is 14.2. The summed E-state index contributed by atoms with van der Waals surface area (Å²) >= 11 is 1.58. The molecule has 5 rings (SSSR count). The van der Waals surface area contributed by atoms with Crippen LogP contribution in [0.5, 0.6) is 0 Å². The molecule has 1 N–H and O–H groups in total. The first-order valence-corrected chi connectivity index (χ1v) is 9.42. The normalized spacial score (nSPS) is 11.1. The highest BCUT2D eigenvalue weighted by atomic mass is 32.1. The van der Waals surface area contributed by atoms with Gasteiger partial charge < -0.3 is 5.32 Å². The Kier molecular flexibility index (Phi) is 3.80. The highest BCUT2D eigenvalue weighted by Crippen LogP contribution is 2.33. The highest BCUT2D eigenvalue weighted by molar-refractivity contribution is 7.13. The zero-order valence-electron chi connectivity index (χ0n) is 14.2. The molecule has 27 heavy (non-hydrogen) atoms. The number of fused-ring (bicyclic) bond motifs is 2. The van der Waals surface area contributed by atoms with Crippen LogP contribution in [0.25, 0.3) is 32.4 Å². The van der Waals surface area contributed by atoms with Crippen LogP contribution < -0.4 is 5.32 Å². The number of benzene rings is 3. The summed E-state index contributed by atoms with van der Waals surface area (Å²) in [7, 11) is 0. The lowest BCUT2D eigenvalue weighted by Crippen LogP contribution is -2.01. The zero-order valence-corrected chi connectivity index (χ0v) is 15.0. The number of nitrogens with one attached hydrogen (secondary N) is 1. The van der Waals surface area contributed by atoms with E-state index in [9.17, 15) is 4.39 Å². The van der Waals surface area contributed by atoms with Gasteiger partial charge in [0.2, 0.25) is 0 Å². The van der Waals surface area contributed by atoms with E-state index in [1.165, 1.54) is 6.07 Å². The summed E-state index contributed by atoms with van der Waals surface area (Å²) in [5.74, 6) is 0.223. The number of hydrogen-bond donors (Lipinski definition) is 1. The zero-order chi connectivity index (χ0) is 18.2. The quantitative estimate of drug-likeness (QED) is 0.373. The molecule has 0 fully saturated rings. The molecule has 0 bridgehead atoms. The van der Waals surface area contributed by atoms with Crippen molar-refractivity contribution >= 4 is 44.6 Å². The van der Waals surface area contributed by atoms with Gasteiger partial charge >= 0.3 is 0 Å². The SMILES string of the molecule is Fc1ccccc1Nc1nc2cc3ccccc3cc2nc1-c1cccs1. The molecule has 0 aliphatic carbocycles. The first kappa shape index (κ1) is 15.9. The largest absolute Gasteiger partial charge is 0.336 e. The van der Waals surface area contributed by atoms with Crippen LogP contribution >= 0.6 is 11.3 Å². The van der Waals surface area contributed by atoms with E-state index in [1.54, 1.807) is 29.5 Å². The van der Waals surface area contributed by atoms with Gasteiger partial charge in [-0.1, -0.05) is 42.5 Å². The fourth-order valence-electron chi connectivity index (χ4n) is 3.10. The van der Waals surface area contributed by atoms with Crippen molar-refractivity contribution in [2.24, 2.45) is 0 Å². The Labute approximate surface area is 159 Å². The number of hydrogen-bond acceptors (Lipinski definition) is 4. The smallest absolute Gasteiger partial charge is 0.158 e. The number of halogens is 1. The first-order chi connectivity index (χ1) is 13.3. The summed E-state index contributed by atoms with van der Waals surface area (Å²) in [6, 6.07) is 22.7. The number of nitrogens with zero attached hydrogens (tertiary/aromatic N) is 2. The predicted molar refractivity (Wildman–Crippen MR) is 110 cm³/mol. The van der Waals surface area contributed by atoms with Gasteiger partial charge in [0, 0.05) is 0 Å². The van der Waals surface area contributed by atoms with E-state index in [-0.39, 0.29) is 5.82 Å². The second kappa shape index (κ2) is 6.45. The molecule has 5 heteroatoms. The molecule has 5 aromatic rings. The van der Waals surface area contributed by atoms with Crippen LogP contribution in [0, 0.1) is 5.82 Å². The van der Waals surface area contributed by atoms with E-state index >= 15 is 0 Å². The summed E-state index contributed by atoms with van der Waals surface area (Å²) in [6.07, 6.45) is 0. The van der Waals surface area contributed by atoms with Crippen LogP contribution in [-0.2, 0) is 0 Å². The number of para-hydroxylation sites is 1. The maximum Gasteiger partial charge on any atom is 0.158 e. The van der Waals surface area contributed by atoms with Gasteiger partial charge in [0.05, 0.1) is 21.6 Å². The second-order valence-corrected chi connectivity index (χ2v) is 7.14. The van der Waals surface area contributed by atoms with Crippen molar-refractivity contribution in [3.05, 3.63) is 84.0 Å². The van der Waals surface area contributed by atoms with Crippen molar-refractivity contribution in [3.63, 3.8) is 0 Å². The molecule has 0 spiro atoms. The minimum Gasteiger partial charge on any atom is -0.336 e. The molecule has 0 aliphatic rings. The van der Waals surface area contributed by atoms with Gasteiger partial charge in [-0.3, -0.25) is 0 Å². The molecule has 0 radical (unpaired) electrons. The maximum atomic E-state index is 14.2. The van der Waals surface area contributed by atoms with Crippen LogP contribution in [0.2, 0.25) is 0 Å². The number of anilines is 2. The molecule has 0 aliphatic heterocycles. The fourth-order valence-corrected chi connectivity index (χ4v) is 3.82. The van der Waals surface area contributed by atoms with Gasteiger partial charge in [0.25, 0.3) is 0 Å². The molecule has 3 aromatic carbocycles. The van der Waals surface area contributed by atoms with E-state index in [4.69, 9.17) is 9.97 Å². The summed E-state index contributed by atoms with van der Waals surface area (Å²) in [5.41, 5.74) is 2.69. The Morgan fingerprint density at radius 2 is 1.48 bits per heavy atom. The molecule has 0 unspecified atom stereocenters. The second-order valence-electron chi connectivity index (χ2n) is 6.19. The third-order valence-electron chi connectivity index (χ3n) is 4.41. The summed E-state index contributed by atoms with van der Waals surface area (Å²) in [6.45, 7) is 0. The van der Waals surface area contributed by atoms with E-state index in [2.05, 4.69) is 11.4 Å². The van der Waals surface area contributed by atoms with Crippen molar-refractivity contribution in [2.45, 2.75) is 0 Å². The predicted octanol–water partition coefficient (Wildman–Crippen LogP) is 6.39. The van der Waals surface area contributed by atoms with E-state index < -0.39 is 0 Å². The van der Waals surface area contributed by atoms with Crippen LogP contribution in [0.3, 0.4) is 0 Å². The van der Waals surface area contributed by atoms with Crippen molar-refractivity contribution in [1.29, 1.82) is 0 Å². The summed E-state index contributed by atoms with van der Waals surface area (Å²) < 4.78 is 14.2. The van der Waals surface area contributed by atoms with Crippen LogP contribution in [0.1, 0.15) is 0 Å². The number of rotatable bonds is 3. The Hall–Kier alpha value is -3.31. The minimum absolute atomic E-state index is 0.324. The molecule has 0 saturated carbocycles. The molecular weight excluding hydrogens is 357 g/mol. The minimum atomic E-state index is -0.324. The van der Waals surface area contributed by atoms with Gasteiger partial charge in [-0.2, -0.15) is 0 Å². The standard InChI is InChI=1S/C22H14FN3S/c23-16-8-3-4-9-17(16)25-22-21(20-10-5-11-27-20)24-18-12-14-6-1-2-7-15(14)13-19(18)26-22/h1-13H,(H,25,26). The van der Waals surface area contributed by atoms with Gasteiger partial charge in [-0.15, -0.1) is 11.3 Å². The van der Waals surface area contributed by atoms with Crippen molar-refractivity contribution in [1.82, 2.24) is 9.97 Å². The lowest BCUT2D eigenvalue weighted by Gasteiger charge is -2.12. The average Bonchev–Trinajstić information content (AvgIpc) is 3.22. The summed E-state index contributed by atoms with van der Waals surface area (Å²) in [5, 5.41) is 7.34. The van der Waals surface area contributed by atoms with Gasteiger partial charge in [0.1, 0.15) is 11.5 Å². The molecule has 2 aromatic heterocycles. The average molecular weight is 371 g/mol. The van der Waals surface area contributed by atoms with E-state index in [1.807, 2.05) is 47.8 Å². The molecule has 0 atom stereocenters. The van der Waals surface area contributed by atoms with E-state index in [0.717, 1.165) is 32.4 Å². The number of thiophene rings is 1. The Balaban J connectivity index is 1.74. The molecule has 2 heterocycles. The van der Waals surface area contributed by atoms with E-state index in [0.29, 0.717) is 11.5 Å². The van der Waals surface area contributed by atoms with Crippen LogP contribution in [0.15, 0.2) is 78.2 Å². The van der Waals surface area contributed by atoms with Crippen molar-refractivity contribution in [2.75, 3.05) is 5.32 Å². The topological polar surface area (TPSA) is 37.8 Å². The summed E-state index contributed by atoms with van der Waals surface area (Å²) in [4.78, 5) is 10.6. The lowest BCUT2D eigenvalue weighted by atomic mass is 10.1. The Bertz CT molecular complexity index is 1270. The monoisotopic (exact) mass is 371 g/mol. The van der Waals surface area contributed by atoms with Crippen molar-refractivity contribution in [3.8, 4) is 10.6 Å². The van der Waals surface area contributed by atoms with Gasteiger partial charge in [0.15, 0.2) is 5.82 Å². The molecule has 130 valence electrons. The van der Waals surface area contributed by atoms with Gasteiger partial charge in [-0.25, -0.2) is 14.4 Å². The Morgan fingerprint density at radius 1 is 0.778 bits per heavy atom. The molecular formula is C22H14FN3S. The van der Waals surface area contributed by atoms with Crippen LogP contribution in [-0.4, -0.2) is 9.97 Å². The van der Waals surface area contributed by atoms with Crippen molar-refractivity contribution < 1.29 is 4.39 Å². The van der Waals surface area contributed by atoms with Crippen LogP contribution in [0.4, 0.5) is 15.9 Å². The molecule has 0 amide bonds. The third-order valence-corrected chi connectivity index (χ3v) is 5.29. The lowest BCUT2D eigenvalue weighted by molar-refractivity contribution is 0.632. The first-order valence-electron chi connectivity index (χ1n) is 8.54. The molecule has 0 saturated heterocycles. The Morgan fingerprint density at radius 3 is 2.19 bits per heavy atom. The number of aromatic nitrogens is 2. The third kappa shape index (κ3) is 2.92. The highest BCUT2D eigenvalue weighted by Gasteiger charge is 2.14. The van der Waals surface area contributed by atoms with Gasteiger partial charge in [-0.05, 0) is 46.5 Å².